The van der Waals surface area contributed by atoms with Gasteiger partial charge in [-0.1, -0.05) is 39.7 Å². The summed E-state index contributed by atoms with van der Waals surface area (Å²) in [5.74, 6) is -2.91. The first-order valence-corrected chi connectivity index (χ1v) is 5.68. The summed E-state index contributed by atoms with van der Waals surface area (Å²) in [6.07, 6.45) is 5.23. The summed E-state index contributed by atoms with van der Waals surface area (Å²) in [7, 11) is 0. The van der Waals surface area contributed by atoms with Crippen molar-refractivity contribution in [3.63, 3.8) is 0 Å². The van der Waals surface area contributed by atoms with Gasteiger partial charge in [-0.25, -0.2) is 8.78 Å². The van der Waals surface area contributed by atoms with E-state index in [0.29, 0.717) is 11.5 Å². The Labute approximate surface area is 100 Å². The minimum atomic E-state index is -2.91. The van der Waals surface area contributed by atoms with Gasteiger partial charge in [-0.05, 0) is 6.08 Å². The fourth-order valence-electron chi connectivity index (χ4n) is 1.25. The number of allylic oxidation sites excluding steroid dienone is 4. The van der Waals surface area contributed by atoms with E-state index >= 15 is 0 Å². The zero-order chi connectivity index (χ0) is 11.0. The van der Waals surface area contributed by atoms with Crippen LogP contribution in [0.5, 0.6) is 0 Å². The van der Waals surface area contributed by atoms with Crippen molar-refractivity contribution in [2.45, 2.75) is 29.0 Å². The minimum absolute atomic E-state index is 0.483. The molecule has 0 heterocycles. The zero-order valence-electron chi connectivity index (χ0n) is 7.41. The predicted molar refractivity (Wildman–Crippen MR) is 59.6 cm³/mol. The first-order valence-electron chi connectivity index (χ1n) is 4.01. The van der Waals surface area contributed by atoms with E-state index in [9.17, 15) is 8.78 Å². The van der Waals surface area contributed by atoms with Gasteiger partial charge in [-0.2, -0.15) is 0 Å². The van der Waals surface area contributed by atoms with E-state index in [-0.39, 0.29) is 0 Å². The van der Waals surface area contributed by atoms with Crippen molar-refractivity contribution < 1.29 is 8.78 Å². The lowest BCUT2D eigenvalue weighted by atomic mass is 9.95. The molecule has 1 rings (SSSR count). The number of rotatable bonds is 2. The van der Waals surface area contributed by atoms with Crippen molar-refractivity contribution in [3.05, 3.63) is 23.3 Å². The highest BCUT2D eigenvalue weighted by Gasteiger charge is 2.45. The van der Waals surface area contributed by atoms with Crippen molar-refractivity contribution in [1.82, 2.24) is 0 Å². The van der Waals surface area contributed by atoms with E-state index in [1.54, 1.807) is 6.08 Å². The van der Waals surface area contributed by atoms with Gasteiger partial charge in [0, 0.05) is 18.4 Å². The third-order valence-electron chi connectivity index (χ3n) is 1.90. The monoisotopic (exact) mass is 304 g/mol. The molecule has 0 bridgehead atoms. The smallest absolute Gasteiger partial charge is 0.206 e. The van der Waals surface area contributed by atoms with Crippen molar-refractivity contribution >= 4 is 39.1 Å². The second kappa shape index (κ2) is 4.11. The highest BCUT2D eigenvalue weighted by molar-refractivity contribution is 9.09. The Hall–Kier alpha value is 0.400. The zero-order valence-corrected chi connectivity index (χ0v) is 10.5. The standard InChI is InChI=1S/C9H9BrCl2F2/c1-8(13,14)7(10)9(12)4-2-3-6(11)5-9/h2,4-5,7H,3H2,1H3. The van der Waals surface area contributed by atoms with E-state index in [1.165, 1.54) is 12.2 Å². The number of hydrogen-bond acceptors (Lipinski definition) is 0. The molecule has 0 saturated carbocycles. The summed E-state index contributed by atoms with van der Waals surface area (Å²) >= 11 is 14.7. The predicted octanol–water partition coefficient (Wildman–Crippen LogP) is 4.47. The Kier molecular flexibility index (Phi) is 3.66. The molecule has 14 heavy (non-hydrogen) atoms. The lowest BCUT2D eigenvalue weighted by molar-refractivity contribution is 0.0184. The van der Waals surface area contributed by atoms with Crippen LogP contribution in [0.1, 0.15) is 13.3 Å². The van der Waals surface area contributed by atoms with E-state index in [2.05, 4.69) is 15.9 Å². The summed E-state index contributed by atoms with van der Waals surface area (Å²) in [6, 6.07) is 0. The van der Waals surface area contributed by atoms with Gasteiger partial charge in [-0.3, -0.25) is 0 Å². The second-order valence-electron chi connectivity index (χ2n) is 3.34. The van der Waals surface area contributed by atoms with Crippen LogP contribution in [0.2, 0.25) is 0 Å². The van der Waals surface area contributed by atoms with Crippen molar-refractivity contribution in [1.29, 1.82) is 0 Å². The van der Waals surface area contributed by atoms with Crippen LogP contribution < -0.4 is 0 Å². The van der Waals surface area contributed by atoms with Crippen LogP contribution in [0, 0.1) is 0 Å². The first kappa shape index (κ1) is 12.5. The molecule has 0 saturated heterocycles. The third kappa shape index (κ3) is 2.71. The van der Waals surface area contributed by atoms with E-state index in [1.807, 2.05) is 0 Å². The van der Waals surface area contributed by atoms with E-state index in [0.717, 1.165) is 6.92 Å². The maximum atomic E-state index is 13.0. The maximum absolute atomic E-state index is 13.0. The summed E-state index contributed by atoms with van der Waals surface area (Å²) in [5, 5.41) is 0.483. The molecule has 0 nitrogen and oxygen atoms in total. The Bertz CT molecular complexity index is 283. The second-order valence-corrected chi connectivity index (χ2v) is 5.40. The Morgan fingerprint density at radius 1 is 1.64 bits per heavy atom. The molecule has 80 valence electrons. The lowest BCUT2D eigenvalue weighted by Gasteiger charge is -2.32. The highest BCUT2D eigenvalue weighted by Crippen LogP contribution is 2.42. The van der Waals surface area contributed by atoms with Gasteiger partial charge in [0.15, 0.2) is 0 Å². The van der Waals surface area contributed by atoms with Crippen LogP contribution in [-0.4, -0.2) is 15.6 Å². The fourth-order valence-corrected chi connectivity index (χ4v) is 2.27. The maximum Gasteiger partial charge on any atom is 0.260 e. The normalized spacial score (nSPS) is 30.0. The third-order valence-corrected chi connectivity index (χ3v) is 4.44. The average molecular weight is 306 g/mol. The molecular weight excluding hydrogens is 297 g/mol. The molecule has 0 N–H and O–H groups in total. The Morgan fingerprint density at radius 3 is 2.64 bits per heavy atom. The van der Waals surface area contributed by atoms with Crippen LogP contribution >= 0.6 is 39.1 Å². The van der Waals surface area contributed by atoms with Crippen LogP contribution in [0.15, 0.2) is 23.3 Å². The van der Waals surface area contributed by atoms with Gasteiger partial charge < -0.3 is 0 Å². The van der Waals surface area contributed by atoms with Gasteiger partial charge in [0.1, 0.15) is 9.70 Å². The van der Waals surface area contributed by atoms with Crippen LogP contribution in [0.25, 0.3) is 0 Å². The van der Waals surface area contributed by atoms with Crippen LogP contribution in [0.3, 0.4) is 0 Å². The summed E-state index contributed by atoms with van der Waals surface area (Å²) in [5.41, 5.74) is 0. The first-order chi connectivity index (χ1) is 6.26. The molecule has 0 aromatic carbocycles. The lowest BCUT2D eigenvalue weighted by Crippen LogP contribution is -2.41. The molecule has 2 unspecified atom stereocenters. The van der Waals surface area contributed by atoms with E-state index < -0.39 is 15.6 Å². The molecule has 0 aliphatic heterocycles. The quantitative estimate of drug-likeness (QED) is 0.522. The number of alkyl halides is 4. The molecule has 0 aromatic heterocycles. The van der Waals surface area contributed by atoms with Gasteiger partial charge in [0.05, 0.1) is 0 Å². The van der Waals surface area contributed by atoms with Crippen molar-refractivity contribution in [3.8, 4) is 0 Å². The molecule has 2 atom stereocenters. The van der Waals surface area contributed by atoms with Gasteiger partial charge in [-0.15, -0.1) is 11.6 Å². The largest absolute Gasteiger partial charge is 0.260 e. The summed E-state index contributed by atoms with van der Waals surface area (Å²) in [4.78, 5) is -2.41. The van der Waals surface area contributed by atoms with Crippen molar-refractivity contribution in [2.75, 3.05) is 0 Å². The van der Waals surface area contributed by atoms with Crippen LogP contribution in [-0.2, 0) is 0 Å². The molecule has 5 heteroatoms. The van der Waals surface area contributed by atoms with Gasteiger partial charge in [0.2, 0.25) is 0 Å². The highest BCUT2D eigenvalue weighted by atomic mass is 79.9. The molecule has 1 aliphatic carbocycles. The van der Waals surface area contributed by atoms with E-state index in [4.69, 9.17) is 23.2 Å². The topological polar surface area (TPSA) is 0 Å². The molecule has 0 spiro atoms. The molecule has 0 aromatic rings. The Balaban J connectivity index is 2.95. The molecule has 1 aliphatic rings. The fraction of sp³-hybridized carbons (Fsp3) is 0.556. The molecule has 0 fully saturated rings. The minimum Gasteiger partial charge on any atom is -0.206 e. The Morgan fingerprint density at radius 2 is 2.21 bits per heavy atom. The van der Waals surface area contributed by atoms with Crippen molar-refractivity contribution in [2.24, 2.45) is 0 Å². The summed E-state index contributed by atoms with van der Waals surface area (Å²) in [6.45, 7) is 0.820. The summed E-state index contributed by atoms with van der Waals surface area (Å²) < 4.78 is 26.1. The SMILES string of the molecule is CC(F)(F)C(Br)C1(Cl)C=CCC(Cl)=C1. The van der Waals surface area contributed by atoms with Gasteiger partial charge in [0.25, 0.3) is 5.92 Å². The average Bonchev–Trinajstić information content (AvgIpc) is 2.01. The molecule has 0 amide bonds. The number of hydrogen-bond donors (Lipinski definition) is 0. The van der Waals surface area contributed by atoms with Gasteiger partial charge >= 0.3 is 0 Å². The molecular formula is C9H9BrCl2F2. The molecule has 0 radical (unpaired) electrons. The van der Waals surface area contributed by atoms with Crippen LogP contribution in [0.4, 0.5) is 8.78 Å². The number of halogens is 5.